The van der Waals surface area contributed by atoms with E-state index in [0.717, 1.165) is 10.5 Å². The van der Waals surface area contributed by atoms with Gasteiger partial charge in [-0.15, -0.1) is 0 Å². The Kier molecular flexibility index (Phi) is 1.21. The first-order valence-corrected chi connectivity index (χ1v) is 2.56. The van der Waals surface area contributed by atoms with Gasteiger partial charge in [0.15, 0.2) is 0 Å². The molecule has 0 aromatic rings. The lowest BCUT2D eigenvalue weighted by atomic mass is 10.7. The molecule has 1 unspecified atom stereocenters. The van der Waals surface area contributed by atoms with E-state index in [1.54, 1.807) is 0 Å². The molecule has 36 valence electrons. The lowest BCUT2D eigenvalue weighted by Crippen LogP contribution is -2.32. The van der Waals surface area contributed by atoms with Gasteiger partial charge >= 0.3 is 0 Å². The molecular weight excluding hydrogens is 100 g/mol. The highest BCUT2D eigenvalue weighted by molar-refractivity contribution is 5.98. The zero-order chi connectivity index (χ0) is 4.41. The van der Waals surface area contributed by atoms with Crippen molar-refractivity contribution in [2.45, 2.75) is 6.29 Å². The lowest BCUT2D eigenvalue weighted by Gasteiger charge is -2.22. The van der Waals surface area contributed by atoms with E-state index in [1.807, 2.05) is 0 Å². The van der Waals surface area contributed by atoms with Crippen molar-refractivity contribution < 1.29 is 14.2 Å². The number of hydrogen-bond acceptors (Lipinski definition) is 3. The van der Waals surface area contributed by atoms with E-state index in [2.05, 4.69) is 9.78 Å². The average molecular weight is 106 g/mol. The molecule has 1 heterocycles. The fourth-order valence-corrected chi connectivity index (χ4v) is 0.446. The van der Waals surface area contributed by atoms with Crippen molar-refractivity contribution in [1.29, 1.82) is 0 Å². The maximum Gasteiger partial charge on any atom is 0.208 e. The van der Waals surface area contributed by atoms with Crippen LogP contribution in [0, 0.1) is 0 Å². The first-order chi connectivity index (χ1) is 2.93. The summed E-state index contributed by atoms with van der Waals surface area (Å²) in [7, 11) is 0.729. The zero-order valence-electron chi connectivity index (χ0n) is 3.51. The van der Waals surface area contributed by atoms with Crippen molar-refractivity contribution in [2.75, 3.05) is 6.61 Å². The molecule has 3 nitrogen and oxygen atoms in total. The number of rotatable bonds is 1. The van der Waals surface area contributed by atoms with Crippen molar-refractivity contribution in [2.24, 2.45) is 0 Å². The van der Waals surface area contributed by atoms with Crippen LogP contribution >= 0.6 is 0 Å². The van der Waals surface area contributed by atoms with Crippen molar-refractivity contribution in [3.63, 3.8) is 0 Å². The van der Waals surface area contributed by atoms with E-state index in [4.69, 9.17) is 4.43 Å². The summed E-state index contributed by atoms with van der Waals surface area (Å²) in [5.74, 6) is 0. The molecular formula is C2H6O3Si. The summed E-state index contributed by atoms with van der Waals surface area (Å²) in [4.78, 5) is 8.72. The van der Waals surface area contributed by atoms with Gasteiger partial charge in [0, 0.05) is 0 Å². The molecule has 0 amide bonds. The zero-order valence-corrected chi connectivity index (χ0v) is 5.51. The van der Waals surface area contributed by atoms with Gasteiger partial charge in [-0.3, -0.25) is 0 Å². The molecule has 0 bridgehead atoms. The summed E-state index contributed by atoms with van der Waals surface area (Å²) >= 11 is 0. The average Bonchev–Trinajstić information content (AvgIpc) is 1.31. The Morgan fingerprint density at radius 1 is 1.83 bits per heavy atom. The summed E-state index contributed by atoms with van der Waals surface area (Å²) in [5.41, 5.74) is 0. The Morgan fingerprint density at radius 2 is 2.50 bits per heavy atom. The lowest BCUT2D eigenvalue weighted by molar-refractivity contribution is -0.466. The molecule has 4 heteroatoms. The molecule has 0 N–H and O–H groups in total. The third-order valence-electron chi connectivity index (χ3n) is 0.642. The molecule has 1 aliphatic heterocycles. The fourth-order valence-electron chi connectivity index (χ4n) is 0.231. The minimum Gasteiger partial charge on any atom is -0.400 e. The first kappa shape index (κ1) is 4.26. The summed E-state index contributed by atoms with van der Waals surface area (Å²) in [5, 5.41) is 0. The van der Waals surface area contributed by atoms with Crippen molar-refractivity contribution in [3.05, 3.63) is 0 Å². The van der Waals surface area contributed by atoms with E-state index in [0.29, 0.717) is 6.61 Å². The van der Waals surface area contributed by atoms with Crippen LogP contribution in [0.25, 0.3) is 0 Å². The molecule has 0 aliphatic carbocycles. The molecule has 0 radical (unpaired) electrons. The van der Waals surface area contributed by atoms with Crippen molar-refractivity contribution >= 4 is 10.5 Å². The van der Waals surface area contributed by atoms with Gasteiger partial charge in [0.1, 0.15) is 17.1 Å². The number of hydrogen-bond donors (Lipinski definition) is 0. The van der Waals surface area contributed by atoms with Gasteiger partial charge in [-0.1, -0.05) is 0 Å². The third kappa shape index (κ3) is 0.599. The summed E-state index contributed by atoms with van der Waals surface area (Å²) in [6.07, 6.45) is -0.0448. The van der Waals surface area contributed by atoms with Crippen molar-refractivity contribution in [1.82, 2.24) is 0 Å². The predicted octanol–water partition coefficient (Wildman–Crippen LogP) is -1.43. The first-order valence-electron chi connectivity index (χ1n) is 1.74. The quantitative estimate of drug-likeness (QED) is 0.303. The second-order valence-corrected chi connectivity index (χ2v) is 1.52. The highest BCUT2D eigenvalue weighted by atomic mass is 28.2. The molecule has 1 rings (SSSR count). The molecule has 0 saturated carbocycles. The van der Waals surface area contributed by atoms with E-state index >= 15 is 0 Å². The molecule has 0 spiro atoms. The van der Waals surface area contributed by atoms with Crippen molar-refractivity contribution in [3.8, 4) is 0 Å². The third-order valence-corrected chi connectivity index (χ3v) is 1.17. The van der Waals surface area contributed by atoms with Gasteiger partial charge in [-0.05, 0) is 0 Å². The Balaban J connectivity index is 2.01. The molecule has 1 aliphatic rings. The predicted molar refractivity (Wildman–Crippen MR) is 21.8 cm³/mol. The highest BCUT2D eigenvalue weighted by Crippen LogP contribution is 2.04. The van der Waals surface area contributed by atoms with E-state index < -0.39 is 0 Å². The van der Waals surface area contributed by atoms with Gasteiger partial charge < -0.3 is 4.43 Å². The Labute approximate surface area is 38.7 Å². The monoisotopic (exact) mass is 106 g/mol. The van der Waals surface area contributed by atoms with E-state index in [9.17, 15) is 0 Å². The molecule has 1 atom stereocenters. The molecule has 6 heavy (non-hydrogen) atoms. The van der Waals surface area contributed by atoms with Gasteiger partial charge in [-0.25, -0.2) is 9.78 Å². The normalized spacial score (nSPS) is 33.0. The molecule has 0 aromatic carbocycles. The second-order valence-electron chi connectivity index (χ2n) is 1.05. The smallest absolute Gasteiger partial charge is 0.208 e. The van der Waals surface area contributed by atoms with Gasteiger partial charge in [0.05, 0.1) is 0 Å². The minimum absolute atomic E-state index is 0.0448. The highest BCUT2D eigenvalue weighted by Gasteiger charge is 2.17. The van der Waals surface area contributed by atoms with Gasteiger partial charge in [0.2, 0.25) is 6.29 Å². The Bertz CT molecular complexity index is 41.3. The largest absolute Gasteiger partial charge is 0.400 e. The molecule has 1 fully saturated rings. The van der Waals surface area contributed by atoms with Gasteiger partial charge in [0.25, 0.3) is 0 Å². The fraction of sp³-hybridized carbons (Fsp3) is 1.00. The molecule has 0 aromatic heterocycles. The Hall–Kier alpha value is 0.0969. The van der Waals surface area contributed by atoms with Crippen LogP contribution in [-0.2, 0) is 14.2 Å². The van der Waals surface area contributed by atoms with Crippen LogP contribution in [0.5, 0.6) is 0 Å². The van der Waals surface area contributed by atoms with E-state index in [-0.39, 0.29) is 6.29 Å². The second kappa shape index (κ2) is 1.70. The van der Waals surface area contributed by atoms with Crippen LogP contribution in [0.2, 0.25) is 0 Å². The SMILES string of the molecule is [SiH3]OC1COO1. The van der Waals surface area contributed by atoms with Crippen LogP contribution in [0.1, 0.15) is 0 Å². The summed E-state index contributed by atoms with van der Waals surface area (Å²) in [6, 6.07) is 0. The summed E-state index contributed by atoms with van der Waals surface area (Å²) < 4.78 is 4.78. The van der Waals surface area contributed by atoms with Crippen LogP contribution in [0.15, 0.2) is 0 Å². The van der Waals surface area contributed by atoms with Gasteiger partial charge in [-0.2, -0.15) is 0 Å². The standard InChI is InChI=1S/C2H6O3Si/c6-5-2-1-3-4-2/h2H,1H2,6H3. The molecule has 1 saturated heterocycles. The maximum absolute atomic E-state index is 4.78. The minimum atomic E-state index is -0.0448. The van der Waals surface area contributed by atoms with Crippen LogP contribution < -0.4 is 0 Å². The van der Waals surface area contributed by atoms with Crippen LogP contribution in [0.4, 0.5) is 0 Å². The maximum atomic E-state index is 4.78. The topological polar surface area (TPSA) is 27.7 Å². The Morgan fingerprint density at radius 3 is 2.50 bits per heavy atom. The van der Waals surface area contributed by atoms with Crippen LogP contribution in [-0.4, -0.2) is 23.4 Å². The van der Waals surface area contributed by atoms with Crippen LogP contribution in [0.3, 0.4) is 0 Å². The van der Waals surface area contributed by atoms with E-state index in [1.165, 1.54) is 0 Å². The summed E-state index contributed by atoms with van der Waals surface area (Å²) in [6.45, 7) is 0.601.